The van der Waals surface area contributed by atoms with Crippen molar-refractivity contribution in [1.29, 1.82) is 5.26 Å². The summed E-state index contributed by atoms with van der Waals surface area (Å²) in [6.07, 6.45) is 3.62. The summed E-state index contributed by atoms with van der Waals surface area (Å²) >= 11 is 6.67. The van der Waals surface area contributed by atoms with Crippen LogP contribution in [0.25, 0.3) is 0 Å². The van der Waals surface area contributed by atoms with Crippen molar-refractivity contribution in [3.63, 3.8) is 0 Å². The van der Waals surface area contributed by atoms with Crippen LogP contribution in [-0.2, 0) is 0 Å². The van der Waals surface area contributed by atoms with E-state index in [-0.39, 0.29) is 6.04 Å². The summed E-state index contributed by atoms with van der Waals surface area (Å²) in [5.41, 5.74) is 6.68. The van der Waals surface area contributed by atoms with Crippen LogP contribution in [0.15, 0.2) is 21.3 Å². The lowest BCUT2D eigenvalue weighted by molar-refractivity contribution is 0.738. The van der Waals surface area contributed by atoms with E-state index in [0.717, 1.165) is 14.5 Å². The third-order valence-corrected chi connectivity index (χ3v) is 2.84. The Morgan fingerprint density at radius 3 is 2.46 bits per heavy atom. The molecular weight excluding hydrogens is 298 g/mol. The highest BCUT2D eigenvalue weighted by molar-refractivity contribution is 9.11. The maximum Gasteiger partial charge on any atom is 0.0641 e. The topological polar surface area (TPSA) is 62.7 Å². The van der Waals surface area contributed by atoms with E-state index in [1.807, 2.05) is 6.07 Å². The fraction of sp³-hybridized carbons (Fsp3) is 0.250. The number of aromatic nitrogens is 1. The Labute approximate surface area is 93.2 Å². The van der Waals surface area contributed by atoms with Gasteiger partial charge >= 0.3 is 0 Å². The van der Waals surface area contributed by atoms with E-state index in [9.17, 15) is 0 Å². The molecule has 13 heavy (non-hydrogen) atoms. The lowest BCUT2D eigenvalue weighted by Crippen LogP contribution is -2.11. The lowest BCUT2D eigenvalue weighted by atomic mass is 10.1. The summed E-state index contributed by atoms with van der Waals surface area (Å²) in [5.74, 6) is 0. The minimum absolute atomic E-state index is 0.281. The third-order valence-electron chi connectivity index (χ3n) is 1.57. The summed E-state index contributed by atoms with van der Waals surface area (Å²) in [6.45, 7) is 0. The molecule has 0 aliphatic rings. The van der Waals surface area contributed by atoms with Crippen molar-refractivity contribution in [2.24, 2.45) is 5.73 Å². The molecule has 0 aliphatic carbocycles. The van der Waals surface area contributed by atoms with Crippen LogP contribution in [0.1, 0.15) is 18.0 Å². The van der Waals surface area contributed by atoms with Crippen LogP contribution >= 0.6 is 31.9 Å². The number of hydrogen-bond donors (Lipinski definition) is 1. The number of hydrogen-bond acceptors (Lipinski definition) is 3. The highest BCUT2D eigenvalue weighted by Gasteiger charge is 2.13. The number of rotatable bonds is 2. The summed E-state index contributed by atoms with van der Waals surface area (Å²) in [4.78, 5) is 3.95. The highest BCUT2D eigenvalue weighted by atomic mass is 79.9. The molecule has 1 rings (SSSR count). The van der Waals surface area contributed by atoms with Gasteiger partial charge in [-0.2, -0.15) is 5.26 Å². The van der Waals surface area contributed by atoms with Crippen molar-refractivity contribution in [3.05, 3.63) is 26.9 Å². The molecule has 0 aliphatic heterocycles. The zero-order chi connectivity index (χ0) is 9.84. The highest BCUT2D eigenvalue weighted by Crippen LogP contribution is 2.29. The maximum atomic E-state index is 8.50. The van der Waals surface area contributed by atoms with Crippen molar-refractivity contribution in [1.82, 2.24) is 4.98 Å². The molecular formula is C8H7Br2N3. The van der Waals surface area contributed by atoms with Crippen LogP contribution in [0.3, 0.4) is 0 Å². The first-order valence-corrected chi connectivity index (χ1v) is 5.17. The fourth-order valence-electron chi connectivity index (χ4n) is 0.976. The predicted octanol–water partition coefficient (Wildman–Crippen LogP) is 2.52. The molecule has 0 saturated heterocycles. The Kier molecular flexibility index (Phi) is 3.85. The maximum absolute atomic E-state index is 8.50. The SMILES string of the molecule is N#CC[C@H](N)c1c(Br)cncc1Br. The molecule has 0 amide bonds. The summed E-state index contributed by atoms with van der Waals surface area (Å²) < 4.78 is 1.65. The van der Waals surface area contributed by atoms with Gasteiger partial charge in [-0.3, -0.25) is 4.98 Å². The quantitative estimate of drug-likeness (QED) is 0.913. The summed E-state index contributed by atoms with van der Waals surface area (Å²) in [5, 5.41) is 8.50. The van der Waals surface area contributed by atoms with E-state index in [1.54, 1.807) is 12.4 Å². The van der Waals surface area contributed by atoms with Gasteiger partial charge in [-0.1, -0.05) is 0 Å². The zero-order valence-corrected chi connectivity index (χ0v) is 9.84. The van der Waals surface area contributed by atoms with Crippen molar-refractivity contribution in [3.8, 4) is 6.07 Å². The number of nitrogens with zero attached hydrogens (tertiary/aromatic N) is 2. The Morgan fingerprint density at radius 2 is 2.00 bits per heavy atom. The molecule has 0 saturated carbocycles. The predicted molar refractivity (Wildman–Crippen MR) is 56.8 cm³/mol. The second kappa shape index (κ2) is 4.70. The number of pyridine rings is 1. The van der Waals surface area contributed by atoms with E-state index in [4.69, 9.17) is 11.0 Å². The number of nitriles is 1. The molecule has 1 atom stereocenters. The van der Waals surface area contributed by atoms with Crippen LogP contribution in [0, 0.1) is 11.3 Å². The van der Waals surface area contributed by atoms with Gasteiger partial charge in [-0.05, 0) is 31.9 Å². The third kappa shape index (κ3) is 2.50. The average molecular weight is 305 g/mol. The van der Waals surface area contributed by atoms with Crippen molar-refractivity contribution in [2.75, 3.05) is 0 Å². The second-order valence-corrected chi connectivity index (χ2v) is 4.19. The molecule has 2 N–H and O–H groups in total. The lowest BCUT2D eigenvalue weighted by Gasteiger charge is -2.11. The molecule has 0 unspecified atom stereocenters. The molecule has 1 heterocycles. The molecule has 0 aromatic carbocycles. The van der Waals surface area contributed by atoms with Crippen LogP contribution in [-0.4, -0.2) is 4.98 Å². The molecule has 68 valence electrons. The molecule has 0 bridgehead atoms. The first-order chi connectivity index (χ1) is 6.16. The van der Waals surface area contributed by atoms with Gasteiger partial charge in [0.05, 0.1) is 12.5 Å². The Morgan fingerprint density at radius 1 is 1.46 bits per heavy atom. The minimum Gasteiger partial charge on any atom is -0.323 e. The van der Waals surface area contributed by atoms with Crippen LogP contribution in [0.5, 0.6) is 0 Å². The van der Waals surface area contributed by atoms with Gasteiger partial charge in [-0.25, -0.2) is 0 Å². The molecule has 0 spiro atoms. The van der Waals surface area contributed by atoms with E-state index in [0.29, 0.717) is 6.42 Å². The van der Waals surface area contributed by atoms with Gasteiger partial charge in [0.1, 0.15) is 0 Å². The minimum atomic E-state index is -0.281. The van der Waals surface area contributed by atoms with E-state index < -0.39 is 0 Å². The Bertz CT molecular complexity index is 325. The van der Waals surface area contributed by atoms with Crippen molar-refractivity contribution < 1.29 is 0 Å². The van der Waals surface area contributed by atoms with Gasteiger partial charge in [-0.15, -0.1) is 0 Å². The standard InChI is InChI=1S/C8H7Br2N3/c9-5-3-13-4-6(10)8(5)7(12)1-2-11/h3-4,7H,1,12H2/t7-/m0/s1. The molecule has 3 nitrogen and oxygen atoms in total. The van der Waals surface area contributed by atoms with E-state index >= 15 is 0 Å². The van der Waals surface area contributed by atoms with Crippen LogP contribution in [0.2, 0.25) is 0 Å². The summed E-state index contributed by atoms with van der Waals surface area (Å²) in [7, 11) is 0. The number of nitrogens with two attached hydrogens (primary N) is 1. The van der Waals surface area contributed by atoms with E-state index in [2.05, 4.69) is 36.8 Å². The first kappa shape index (κ1) is 10.6. The van der Waals surface area contributed by atoms with Crippen LogP contribution in [0.4, 0.5) is 0 Å². The summed E-state index contributed by atoms with van der Waals surface area (Å²) in [6, 6.07) is 1.75. The van der Waals surface area contributed by atoms with Gasteiger partial charge in [0, 0.05) is 32.9 Å². The van der Waals surface area contributed by atoms with Gasteiger partial charge in [0.2, 0.25) is 0 Å². The number of halogens is 2. The Balaban J connectivity index is 3.06. The largest absolute Gasteiger partial charge is 0.323 e. The van der Waals surface area contributed by atoms with Crippen molar-refractivity contribution >= 4 is 31.9 Å². The van der Waals surface area contributed by atoms with Gasteiger partial charge < -0.3 is 5.73 Å². The van der Waals surface area contributed by atoms with Gasteiger partial charge in [0.25, 0.3) is 0 Å². The monoisotopic (exact) mass is 303 g/mol. The zero-order valence-electron chi connectivity index (χ0n) is 6.67. The van der Waals surface area contributed by atoms with E-state index in [1.165, 1.54) is 0 Å². The Hall–Kier alpha value is -0.440. The molecule has 0 radical (unpaired) electrons. The molecule has 1 aromatic heterocycles. The van der Waals surface area contributed by atoms with Crippen LogP contribution < -0.4 is 5.73 Å². The van der Waals surface area contributed by atoms with Crippen molar-refractivity contribution in [2.45, 2.75) is 12.5 Å². The molecule has 1 aromatic rings. The smallest absolute Gasteiger partial charge is 0.0641 e. The van der Waals surface area contributed by atoms with Gasteiger partial charge in [0.15, 0.2) is 0 Å². The fourth-order valence-corrected chi connectivity index (χ4v) is 2.49. The average Bonchev–Trinajstić information content (AvgIpc) is 2.04. The first-order valence-electron chi connectivity index (χ1n) is 3.58. The normalized spacial score (nSPS) is 12.2. The molecule has 5 heteroatoms. The molecule has 0 fully saturated rings. The second-order valence-electron chi connectivity index (χ2n) is 2.49.